The first-order valence-corrected chi connectivity index (χ1v) is 12.2. The van der Waals surface area contributed by atoms with Gasteiger partial charge in [0.25, 0.3) is 0 Å². The molecule has 8 heteroatoms. The first-order chi connectivity index (χ1) is 16.8. The first-order valence-electron chi connectivity index (χ1n) is 12.2. The molecule has 5 rings (SSSR count). The highest BCUT2D eigenvalue weighted by Gasteiger charge is 2.48. The zero-order valence-electron chi connectivity index (χ0n) is 19.6. The number of carboxylic acid groups (broad SMARTS) is 1. The van der Waals surface area contributed by atoms with Gasteiger partial charge >= 0.3 is 12.1 Å². The van der Waals surface area contributed by atoms with Crippen LogP contribution in [0, 0.1) is 5.92 Å². The quantitative estimate of drug-likeness (QED) is 0.588. The fourth-order valence-electron chi connectivity index (χ4n) is 6.09. The Balaban J connectivity index is 1.28. The number of amides is 2. The van der Waals surface area contributed by atoms with E-state index in [1.807, 2.05) is 55.5 Å². The predicted octanol–water partition coefficient (Wildman–Crippen LogP) is 3.13. The fraction of sp³-hybridized carbons (Fsp3) is 0.444. The maximum absolute atomic E-state index is 13.4. The molecule has 35 heavy (non-hydrogen) atoms. The molecule has 5 unspecified atom stereocenters. The van der Waals surface area contributed by atoms with Crippen LogP contribution >= 0.6 is 0 Å². The van der Waals surface area contributed by atoms with Crippen molar-refractivity contribution < 1.29 is 29.3 Å². The number of nitrogens with zero attached hydrogens (tertiary/aromatic N) is 1. The molecule has 0 radical (unpaired) electrons. The summed E-state index contributed by atoms with van der Waals surface area (Å²) in [5.74, 6) is -1.84. The number of aliphatic carboxylic acids is 1. The van der Waals surface area contributed by atoms with Crippen molar-refractivity contribution in [2.75, 3.05) is 6.61 Å². The molecule has 0 saturated carbocycles. The predicted molar refractivity (Wildman–Crippen MR) is 128 cm³/mol. The van der Waals surface area contributed by atoms with Crippen LogP contribution in [0.25, 0.3) is 11.1 Å². The number of ether oxygens (including phenoxy) is 1. The van der Waals surface area contributed by atoms with Crippen LogP contribution in [0.4, 0.5) is 4.79 Å². The molecule has 184 valence electrons. The molecule has 2 heterocycles. The Morgan fingerprint density at radius 3 is 2.31 bits per heavy atom. The zero-order chi connectivity index (χ0) is 24.7. The number of carboxylic acids is 1. The minimum Gasteiger partial charge on any atom is -0.481 e. The molecular formula is C27H30N2O6. The molecule has 2 fully saturated rings. The van der Waals surface area contributed by atoms with E-state index < -0.39 is 36.5 Å². The molecule has 8 nitrogen and oxygen atoms in total. The van der Waals surface area contributed by atoms with Gasteiger partial charge in [-0.25, -0.2) is 4.79 Å². The van der Waals surface area contributed by atoms with Gasteiger partial charge in [0.2, 0.25) is 5.91 Å². The summed E-state index contributed by atoms with van der Waals surface area (Å²) in [7, 11) is 0. The van der Waals surface area contributed by atoms with E-state index in [-0.39, 0.29) is 30.5 Å². The van der Waals surface area contributed by atoms with E-state index in [9.17, 15) is 24.6 Å². The van der Waals surface area contributed by atoms with Crippen molar-refractivity contribution in [3.63, 3.8) is 0 Å². The van der Waals surface area contributed by atoms with Crippen molar-refractivity contribution in [1.82, 2.24) is 10.2 Å². The maximum Gasteiger partial charge on any atom is 0.407 e. The Morgan fingerprint density at radius 2 is 1.69 bits per heavy atom. The maximum atomic E-state index is 13.4. The molecule has 2 aliphatic heterocycles. The number of nitrogens with one attached hydrogen (secondary N) is 1. The van der Waals surface area contributed by atoms with Gasteiger partial charge in [-0.15, -0.1) is 0 Å². The average Bonchev–Trinajstić information content (AvgIpc) is 3.35. The molecule has 3 aliphatic rings. The summed E-state index contributed by atoms with van der Waals surface area (Å²) in [5, 5.41) is 22.2. The van der Waals surface area contributed by atoms with Gasteiger partial charge in [0.1, 0.15) is 12.6 Å². The van der Waals surface area contributed by atoms with Gasteiger partial charge in [-0.05, 0) is 41.5 Å². The van der Waals surface area contributed by atoms with Gasteiger partial charge < -0.3 is 25.2 Å². The summed E-state index contributed by atoms with van der Waals surface area (Å²) in [5.41, 5.74) is 4.34. The first kappa shape index (κ1) is 23.4. The molecule has 5 atom stereocenters. The summed E-state index contributed by atoms with van der Waals surface area (Å²) in [6, 6.07) is 14.4. The normalized spacial score (nSPS) is 25.5. The number of fused-ring (bicyclic) bond motifs is 5. The number of aliphatic hydroxyl groups is 1. The van der Waals surface area contributed by atoms with Crippen LogP contribution in [0.3, 0.4) is 0 Å². The molecule has 2 aromatic carbocycles. The van der Waals surface area contributed by atoms with Gasteiger partial charge in [0, 0.05) is 23.9 Å². The summed E-state index contributed by atoms with van der Waals surface area (Å²) < 4.78 is 5.54. The number of carbonyl (C=O) groups excluding carboxylic acids is 2. The third kappa shape index (κ3) is 4.27. The van der Waals surface area contributed by atoms with Gasteiger partial charge in [0.15, 0.2) is 0 Å². The lowest BCUT2D eigenvalue weighted by atomic mass is 9.88. The second-order valence-corrected chi connectivity index (χ2v) is 9.83. The number of carbonyl (C=O) groups is 3. The molecule has 2 aromatic rings. The summed E-state index contributed by atoms with van der Waals surface area (Å²) >= 11 is 0. The van der Waals surface area contributed by atoms with Crippen LogP contribution < -0.4 is 5.32 Å². The summed E-state index contributed by atoms with van der Waals surface area (Å²) in [6.45, 7) is 1.98. The van der Waals surface area contributed by atoms with Crippen LogP contribution in [-0.4, -0.2) is 63.9 Å². The van der Waals surface area contributed by atoms with E-state index in [2.05, 4.69) is 5.32 Å². The third-order valence-electron chi connectivity index (χ3n) is 7.84. The highest BCUT2D eigenvalue weighted by Crippen LogP contribution is 2.44. The lowest BCUT2D eigenvalue weighted by Crippen LogP contribution is -2.58. The van der Waals surface area contributed by atoms with E-state index in [1.165, 1.54) is 0 Å². The molecule has 2 bridgehead atoms. The number of benzene rings is 2. The van der Waals surface area contributed by atoms with Gasteiger partial charge in [-0.3, -0.25) is 9.59 Å². The van der Waals surface area contributed by atoms with Crippen LogP contribution in [0.1, 0.15) is 49.7 Å². The van der Waals surface area contributed by atoms with Crippen molar-refractivity contribution in [1.29, 1.82) is 0 Å². The lowest BCUT2D eigenvalue weighted by Gasteiger charge is -2.42. The molecular weight excluding hydrogens is 448 g/mol. The number of piperidine rings is 1. The third-order valence-corrected chi connectivity index (χ3v) is 7.84. The van der Waals surface area contributed by atoms with Crippen molar-refractivity contribution in [2.45, 2.75) is 62.8 Å². The van der Waals surface area contributed by atoms with E-state index in [4.69, 9.17) is 4.74 Å². The molecule has 0 aromatic heterocycles. The van der Waals surface area contributed by atoms with E-state index in [0.717, 1.165) is 35.1 Å². The number of hydrogen-bond donors (Lipinski definition) is 3. The smallest absolute Gasteiger partial charge is 0.407 e. The highest BCUT2D eigenvalue weighted by molar-refractivity contribution is 5.90. The second kappa shape index (κ2) is 9.34. The van der Waals surface area contributed by atoms with Crippen molar-refractivity contribution in [2.24, 2.45) is 5.92 Å². The number of alkyl carbamates (subject to hydrolysis) is 1. The standard InChI is InChI=1S/C27H30N2O6/c1-15-23-11-10-16(12-24(15)30)29(23)26(33)22(13-25(31)32)28-27(34)35-14-21-19-8-4-2-6-17(19)18-7-3-5-9-20(18)21/h2-9,15-16,21-24,30H,10-14H2,1H3,(H,28,34)(H,31,32). The van der Waals surface area contributed by atoms with E-state index in [1.54, 1.807) is 4.90 Å². The van der Waals surface area contributed by atoms with Gasteiger partial charge in [0.05, 0.1) is 12.5 Å². The Bertz CT molecular complexity index is 1100. The van der Waals surface area contributed by atoms with Crippen molar-refractivity contribution >= 4 is 18.0 Å². The van der Waals surface area contributed by atoms with Gasteiger partial charge in [-0.1, -0.05) is 55.5 Å². The minimum absolute atomic E-state index is 0.0754. The molecule has 3 N–H and O–H groups in total. The Kier molecular flexibility index (Phi) is 6.23. The molecule has 0 spiro atoms. The van der Waals surface area contributed by atoms with Crippen molar-refractivity contribution in [3.8, 4) is 11.1 Å². The molecule has 1 aliphatic carbocycles. The number of rotatable bonds is 6. The number of aliphatic hydroxyl groups excluding tert-OH is 1. The van der Waals surface area contributed by atoms with E-state index in [0.29, 0.717) is 6.42 Å². The Labute approximate surface area is 203 Å². The van der Waals surface area contributed by atoms with Crippen LogP contribution in [0.5, 0.6) is 0 Å². The topological polar surface area (TPSA) is 116 Å². The second-order valence-electron chi connectivity index (χ2n) is 9.83. The number of hydrogen-bond acceptors (Lipinski definition) is 5. The average molecular weight is 479 g/mol. The van der Waals surface area contributed by atoms with Crippen LogP contribution in [0.15, 0.2) is 48.5 Å². The van der Waals surface area contributed by atoms with E-state index >= 15 is 0 Å². The fourth-order valence-corrected chi connectivity index (χ4v) is 6.09. The molecule has 2 saturated heterocycles. The highest BCUT2D eigenvalue weighted by atomic mass is 16.5. The molecule has 2 amide bonds. The largest absolute Gasteiger partial charge is 0.481 e. The monoisotopic (exact) mass is 478 g/mol. The minimum atomic E-state index is -1.23. The lowest BCUT2D eigenvalue weighted by molar-refractivity contribution is -0.147. The Morgan fingerprint density at radius 1 is 1.06 bits per heavy atom. The SMILES string of the molecule is CC1C(O)CC2CCC1N2C(=O)C(CC(=O)O)NC(=O)OCC1c2ccccc2-c2ccccc21. The zero-order valence-corrected chi connectivity index (χ0v) is 19.6. The van der Waals surface area contributed by atoms with Gasteiger partial charge in [-0.2, -0.15) is 0 Å². The van der Waals surface area contributed by atoms with Crippen molar-refractivity contribution in [3.05, 3.63) is 59.7 Å². The van der Waals surface area contributed by atoms with Crippen LogP contribution in [-0.2, 0) is 14.3 Å². The summed E-state index contributed by atoms with van der Waals surface area (Å²) in [6.07, 6.45) is 0.167. The summed E-state index contributed by atoms with van der Waals surface area (Å²) in [4.78, 5) is 39.3. The van der Waals surface area contributed by atoms with Crippen LogP contribution in [0.2, 0.25) is 0 Å². The Hall–Kier alpha value is -3.39.